The predicted molar refractivity (Wildman–Crippen MR) is 117 cm³/mol. The minimum absolute atomic E-state index is 0.0148. The largest absolute Gasteiger partial charge is 0.465 e. The zero-order valence-electron chi connectivity index (χ0n) is 17.0. The number of nitro groups is 1. The molecule has 2 heterocycles. The van der Waals surface area contributed by atoms with Gasteiger partial charge in [-0.3, -0.25) is 15.1 Å². The maximum absolute atomic E-state index is 12.4. The zero-order valence-corrected chi connectivity index (χ0v) is 17.9. The van der Waals surface area contributed by atoms with Gasteiger partial charge in [-0.05, 0) is 18.2 Å². The maximum atomic E-state index is 12.4. The number of aromatic nitrogens is 2. The molecule has 0 spiro atoms. The number of nitrogens with zero attached hydrogens (tertiary/aromatic N) is 4. The third-order valence-electron chi connectivity index (χ3n) is 4.55. The number of carbonyl (C=O) groups is 2. The lowest BCUT2D eigenvalue weighted by Gasteiger charge is -2.26. The highest BCUT2D eigenvalue weighted by atomic mass is 32.1. The molecule has 2 aromatic heterocycles. The Bertz CT molecular complexity index is 1150. The van der Waals surface area contributed by atoms with Gasteiger partial charge in [0.1, 0.15) is 17.2 Å². The molecule has 11 heteroatoms. The molecule has 1 amide bonds. The first-order valence-corrected chi connectivity index (χ1v) is 10.1. The van der Waals surface area contributed by atoms with Crippen molar-refractivity contribution in [3.05, 3.63) is 82.0 Å². The smallest absolute Gasteiger partial charge is 0.340 e. The normalized spacial score (nSPS) is 12.5. The fraction of sp³-hybridized carbons (Fsp3) is 0.143. The van der Waals surface area contributed by atoms with Crippen molar-refractivity contribution in [2.75, 3.05) is 13.7 Å². The minimum Gasteiger partial charge on any atom is -0.465 e. The van der Waals surface area contributed by atoms with Crippen molar-refractivity contribution in [1.29, 1.82) is 0 Å². The van der Waals surface area contributed by atoms with E-state index in [1.54, 1.807) is 29.9 Å². The summed E-state index contributed by atoms with van der Waals surface area (Å²) in [7, 11) is 1.17. The average Bonchev–Trinajstić information content (AvgIpc) is 3.32. The topological polar surface area (TPSA) is 122 Å². The summed E-state index contributed by atoms with van der Waals surface area (Å²) >= 11 is 1.27. The molecule has 1 atom stereocenters. The third-order valence-corrected chi connectivity index (χ3v) is 5.43. The first kappa shape index (κ1) is 22.9. The van der Waals surface area contributed by atoms with Gasteiger partial charge in [0.05, 0.1) is 23.0 Å². The minimum atomic E-state index is -0.845. The summed E-state index contributed by atoms with van der Waals surface area (Å²) in [6, 6.07) is 7.54. The average molecular weight is 455 g/mol. The monoisotopic (exact) mass is 455 g/mol. The summed E-state index contributed by atoms with van der Waals surface area (Å²) in [6.07, 6.45) is 5.14. The number of methoxy groups -OCH3 is 1. The van der Waals surface area contributed by atoms with E-state index in [-0.39, 0.29) is 35.8 Å². The van der Waals surface area contributed by atoms with Crippen LogP contribution < -0.4 is 4.65 Å². The Balaban J connectivity index is 2.15. The molecule has 10 nitrogen and oxygen atoms in total. The summed E-state index contributed by atoms with van der Waals surface area (Å²) in [5.74, 6) is -0.570. The van der Waals surface area contributed by atoms with Crippen LogP contribution >= 0.6 is 11.3 Å². The van der Waals surface area contributed by atoms with Gasteiger partial charge in [0.15, 0.2) is 6.54 Å². The van der Waals surface area contributed by atoms with Crippen molar-refractivity contribution in [2.24, 2.45) is 0 Å². The van der Waals surface area contributed by atoms with Crippen LogP contribution in [0.3, 0.4) is 0 Å². The fourth-order valence-corrected chi connectivity index (χ4v) is 3.88. The number of quaternary nitrogens is 1. The lowest BCUT2D eigenvalue weighted by atomic mass is 10.0. The number of benzene rings is 1. The molecule has 0 N–H and O–H groups in total. The summed E-state index contributed by atoms with van der Waals surface area (Å²) in [5, 5.41) is 13.9. The van der Waals surface area contributed by atoms with E-state index in [0.29, 0.717) is 11.4 Å². The van der Waals surface area contributed by atoms with Crippen LogP contribution in [0.1, 0.15) is 15.9 Å². The highest BCUT2D eigenvalue weighted by molar-refractivity contribution is 7.13. The Hall–Kier alpha value is -3.80. The zero-order chi connectivity index (χ0) is 23.1. The van der Waals surface area contributed by atoms with Crippen LogP contribution in [-0.2, 0) is 20.9 Å². The number of hydrogen-bond donors (Lipinski definition) is 0. The van der Waals surface area contributed by atoms with E-state index in [9.17, 15) is 19.7 Å². The number of nitro benzene ring substituents is 1. The first-order chi connectivity index (χ1) is 15.5. The molecule has 0 aliphatic rings. The molecular weight excluding hydrogens is 436 g/mol. The molecule has 0 saturated heterocycles. The third kappa shape index (κ3) is 4.59. The Kier molecular flexibility index (Phi) is 7.15. The standard InChI is InChI=1S/C21H19N4O6S/c1-3-11-31-25(14-26,19-13-32-20(23-19)15-7-9-22-10-8-15)12-17-16(21(27)30-2)5-4-6-18(17)24(28)29/h3-10,13-14H,1,11-12H2,2H3/q+1. The van der Waals surface area contributed by atoms with Crippen molar-refractivity contribution in [3.63, 3.8) is 0 Å². The molecule has 1 unspecified atom stereocenters. The number of hydrogen-bond acceptors (Lipinski definition) is 9. The summed E-state index contributed by atoms with van der Waals surface area (Å²) in [4.78, 5) is 50.0. The quantitative estimate of drug-likeness (QED) is 0.113. The predicted octanol–water partition coefficient (Wildman–Crippen LogP) is 3.68. The molecule has 0 fully saturated rings. The van der Waals surface area contributed by atoms with Crippen LogP contribution in [0.15, 0.2) is 60.8 Å². The lowest BCUT2D eigenvalue weighted by molar-refractivity contribution is -0.386. The molecular formula is C21H19N4O6S+. The molecule has 0 saturated carbocycles. The number of rotatable bonds is 10. The molecule has 3 rings (SSSR count). The second-order valence-corrected chi connectivity index (χ2v) is 7.30. The number of carbonyl (C=O) groups excluding carboxylic acids is 2. The van der Waals surface area contributed by atoms with Crippen LogP contribution in [0.25, 0.3) is 10.6 Å². The van der Waals surface area contributed by atoms with E-state index in [4.69, 9.17) is 9.57 Å². The van der Waals surface area contributed by atoms with E-state index in [2.05, 4.69) is 16.5 Å². The summed E-state index contributed by atoms with van der Waals surface area (Å²) in [6.45, 7) is 3.19. The second kappa shape index (κ2) is 10.0. The van der Waals surface area contributed by atoms with Gasteiger partial charge in [-0.1, -0.05) is 16.8 Å². The molecule has 1 aromatic carbocycles. The molecule has 0 bridgehead atoms. The Morgan fingerprint density at radius 1 is 1.31 bits per heavy atom. The van der Waals surface area contributed by atoms with Gasteiger partial charge in [0.2, 0.25) is 0 Å². The van der Waals surface area contributed by atoms with Crippen LogP contribution in [-0.4, -0.2) is 41.0 Å². The van der Waals surface area contributed by atoms with Crippen molar-refractivity contribution < 1.29 is 24.1 Å². The highest BCUT2D eigenvalue weighted by Crippen LogP contribution is 2.34. The Labute approximate surface area is 187 Å². The van der Waals surface area contributed by atoms with Crippen LogP contribution in [0.2, 0.25) is 0 Å². The first-order valence-electron chi connectivity index (χ1n) is 9.26. The van der Waals surface area contributed by atoms with Gasteiger partial charge in [-0.25, -0.2) is 9.59 Å². The number of esters is 1. The van der Waals surface area contributed by atoms with E-state index in [1.165, 1.54) is 42.7 Å². The molecule has 3 aromatic rings. The summed E-state index contributed by atoms with van der Waals surface area (Å²) in [5.41, 5.74) is 0.380. The number of hydroxylamine groups is 2. The van der Waals surface area contributed by atoms with Crippen molar-refractivity contribution in [2.45, 2.75) is 6.54 Å². The SMILES string of the molecule is C=CCO[N+](C=O)(Cc1c(C(=O)OC)cccc1[N+](=O)[O-])c1csc(-c2ccncc2)n1. The van der Waals surface area contributed by atoms with E-state index in [1.807, 2.05) is 0 Å². The fourth-order valence-electron chi connectivity index (χ4n) is 3.01. The highest BCUT2D eigenvalue weighted by Gasteiger charge is 2.40. The number of ether oxygens (including phenoxy) is 1. The Morgan fingerprint density at radius 2 is 2.06 bits per heavy atom. The van der Waals surface area contributed by atoms with Crippen molar-refractivity contribution in [1.82, 2.24) is 14.6 Å². The molecule has 164 valence electrons. The summed E-state index contributed by atoms with van der Waals surface area (Å²) < 4.78 is 3.93. The number of amides is 1. The molecule has 0 radical (unpaired) electrons. The van der Waals surface area contributed by atoms with Crippen LogP contribution in [0.4, 0.5) is 11.5 Å². The lowest BCUT2D eigenvalue weighted by Crippen LogP contribution is -2.48. The van der Waals surface area contributed by atoms with E-state index < -0.39 is 15.5 Å². The van der Waals surface area contributed by atoms with Gasteiger partial charge in [0.25, 0.3) is 11.5 Å². The van der Waals surface area contributed by atoms with Crippen molar-refractivity contribution >= 4 is 35.2 Å². The molecule has 0 aliphatic heterocycles. The van der Waals surface area contributed by atoms with E-state index in [0.717, 1.165) is 5.56 Å². The van der Waals surface area contributed by atoms with Gasteiger partial charge < -0.3 is 4.74 Å². The maximum Gasteiger partial charge on any atom is 0.340 e. The number of pyridine rings is 1. The second-order valence-electron chi connectivity index (χ2n) is 6.44. The van der Waals surface area contributed by atoms with Crippen LogP contribution in [0.5, 0.6) is 0 Å². The van der Waals surface area contributed by atoms with Crippen LogP contribution in [0, 0.1) is 10.1 Å². The molecule has 0 aliphatic carbocycles. The van der Waals surface area contributed by atoms with Gasteiger partial charge in [0, 0.05) is 24.0 Å². The van der Waals surface area contributed by atoms with Gasteiger partial charge in [-0.15, -0.1) is 17.9 Å². The number of thiazole rings is 1. The Morgan fingerprint density at radius 3 is 2.69 bits per heavy atom. The van der Waals surface area contributed by atoms with E-state index >= 15 is 0 Å². The molecule has 32 heavy (non-hydrogen) atoms. The van der Waals surface area contributed by atoms with Crippen molar-refractivity contribution in [3.8, 4) is 10.6 Å². The van der Waals surface area contributed by atoms with Gasteiger partial charge >= 0.3 is 12.4 Å². The van der Waals surface area contributed by atoms with Gasteiger partial charge in [-0.2, -0.15) is 9.82 Å².